The van der Waals surface area contributed by atoms with Crippen LogP contribution in [0.5, 0.6) is 0 Å². The zero-order valence-corrected chi connectivity index (χ0v) is 14.6. The maximum absolute atomic E-state index is 11.9. The van der Waals surface area contributed by atoms with Crippen LogP contribution >= 0.6 is 0 Å². The van der Waals surface area contributed by atoms with Crippen molar-refractivity contribution in [3.63, 3.8) is 0 Å². The summed E-state index contributed by atoms with van der Waals surface area (Å²) >= 11 is 0. The highest BCUT2D eigenvalue weighted by Gasteiger charge is 2.23. The molecule has 6 heteroatoms. The number of carbonyl (C=O) groups is 2. The summed E-state index contributed by atoms with van der Waals surface area (Å²) in [6.45, 7) is 4.67. The van der Waals surface area contributed by atoms with Crippen molar-refractivity contribution in [2.24, 2.45) is 0 Å². The predicted octanol–water partition coefficient (Wildman–Crippen LogP) is 1.44. The van der Waals surface area contributed by atoms with Gasteiger partial charge in [0.05, 0.1) is 13.0 Å². The topological polar surface area (TPSA) is 59.1 Å². The number of benzene rings is 1. The molecular formula is C19H26N2O4. The van der Waals surface area contributed by atoms with Crippen LogP contribution in [0.3, 0.4) is 0 Å². The number of nitrogens with zero attached hydrogens (tertiary/aromatic N) is 2. The smallest absolute Gasteiger partial charge is 0.307 e. The van der Waals surface area contributed by atoms with Crippen molar-refractivity contribution in [1.82, 2.24) is 9.80 Å². The van der Waals surface area contributed by atoms with Gasteiger partial charge >= 0.3 is 5.97 Å². The number of rotatable bonds is 7. The first-order valence-electron chi connectivity index (χ1n) is 9.02. The fourth-order valence-corrected chi connectivity index (χ4v) is 3.29. The highest BCUT2D eigenvalue weighted by atomic mass is 16.6. The lowest BCUT2D eigenvalue weighted by molar-refractivity contribution is -0.151. The van der Waals surface area contributed by atoms with Crippen LogP contribution in [-0.4, -0.2) is 67.2 Å². The molecular weight excluding hydrogens is 320 g/mol. The summed E-state index contributed by atoms with van der Waals surface area (Å²) in [6, 6.07) is 10.3. The minimum absolute atomic E-state index is 0.0881. The van der Waals surface area contributed by atoms with Crippen molar-refractivity contribution in [2.45, 2.75) is 31.9 Å². The maximum Gasteiger partial charge on any atom is 0.307 e. The Labute approximate surface area is 148 Å². The Hall–Kier alpha value is -1.92. The van der Waals surface area contributed by atoms with Gasteiger partial charge in [-0.15, -0.1) is 0 Å². The van der Waals surface area contributed by atoms with Crippen LogP contribution in [0, 0.1) is 0 Å². The average Bonchev–Trinajstić information content (AvgIpc) is 3.04. The van der Waals surface area contributed by atoms with Crippen LogP contribution in [0.1, 0.15) is 24.8 Å². The zero-order chi connectivity index (χ0) is 17.5. The molecule has 2 aliphatic heterocycles. The summed E-state index contributed by atoms with van der Waals surface area (Å²) in [5.74, 6) is -0.122. The van der Waals surface area contributed by atoms with Gasteiger partial charge in [-0.1, -0.05) is 30.3 Å². The third-order valence-corrected chi connectivity index (χ3v) is 4.66. The van der Waals surface area contributed by atoms with Gasteiger partial charge in [0.15, 0.2) is 0 Å². The quantitative estimate of drug-likeness (QED) is 0.699. The fourth-order valence-electron chi connectivity index (χ4n) is 3.29. The van der Waals surface area contributed by atoms with Gasteiger partial charge in [0.2, 0.25) is 5.91 Å². The summed E-state index contributed by atoms with van der Waals surface area (Å²) < 4.78 is 11.1. The number of hydrogen-bond donors (Lipinski definition) is 0. The van der Waals surface area contributed by atoms with Gasteiger partial charge in [0.25, 0.3) is 0 Å². The van der Waals surface area contributed by atoms with Crippen LogP contribution in [0.2, 0.25) is 0 Å². The number of likely N-dealkylation sites (tertiary alicyclic amines) is 1. The van der Waals surface area contributed by atoms with Crippen LogP contribution < -0.4 is 0 Å². The van der Waals surface area contributed by atoms with E-state index in [0.717, 1.165) is 32.6 Å². The molecule has 0 bridgehead atoms. The third-order valence-electron chi connectivity index (χ3n) is 4.66. The number of hydrogen-bond acceptors (Lipinski definition) is 5. The second-order valence-electron chi connectivity index (χ2n) is 6.63. The standard InChI is InChI=1S/C19H26N2O4/c22-18-7-4-9-21(18)10-8-19(23)25-15-17-14-20(11-12-24-17)13-16-5-2-1-3-6-16/h1-3,5-6,17H,4,7-15H2. The number of carbonyl (C=O) groups excluding carboxylic acids is 2. The lowest BCUT2D eigenvalue weighted by atomic mass is 10.2. The van der Waals surface area contributed by atoms with Crippen molar-refractivity contribution < 1.29 is 19.1 Å². The molecule has 136 valence electrons. The van der Waals surface area contributed by atoms with Crippen molar-refractivity contribution in [1.29, 1.82) is 0 Å². The van der Waals surface area contributed by atoms with E-state index in [1.165, 1.54) is 5.56 Å². The van der Waals surface area contributed by atoms with E-state index in [4.69, 9.17) is 9.47 Å². The van der Waals surface area contributed by atoms with Crippen molar-refractivity contribution in [2.75, 3.05) is 39.4 Å². The average molecular weight is 346 g/mol. The second kappa shape index (κ2) is 8.97. The number of amides is 1. The van der Waals surface area contributed by atoms with Gasteiger partial charge in [-0.2, -0.15) is 0 Å². The van der Waals surface area contributed by atoms with Crippen molar-refractivity contribution >= 4 is 11.9 Å². The first-order chi connectivity index (χ1) is 12.2. The van der Waals surface area contributed by atoms with E-state index in [1.54, 1.807) is 4.90 Å². The minimum atomic E-state index is -0.261. The zero-order valence-electron chi connectivity index (χ0n) is 14.6. The van der Waals surface area contributed by atoms with Crippen LogP contribution in [0.4, 0.5) is 0 Å². The number of esters is 1. The largest absolute Gasteiger partial charge is 0.463 e. The SMILES string of the molecule is O=C(CCN1CCCC1=O)OCC1CN(Cc2ccccc2)CCO1. The van der Waals surface area contributed by atoms with Gasteiger partial charge in [0, 0.05) is 39.1 Å². The second-order valence-corrected chi connectivity index (χ2v) is 6.63. The molecule has 25 heavy (non-hydrogen) atoms. The Kier molecular flexibility index (Phi) is 6.42. The van der Waals surface area contributed by atoms with E-state index in [-0.39, 0.29) is 31.0 Å². The van der Waals surface area contributed by atoms with Gasteiger partial charge in [-0.3, -0.25) is 14.5 Å². The van der Waals surface area contributed by atoms with E-state index in [1.807, 2.05) is 18.2 Å². The van der Waals surface area contributed by atoms with Crippen molar-refractivity contribution in [3.05, 3.63) is 35.9 Å². The Morgan fingerprint density at radius 1 is 1.24 bits per heavy atom. The van der Waals surface area contributed by atoms with E-state index in [2.05, 4.69) is 17.0 Å². The van der Waals surface area contributed by atoms with Gasteiger partial charge < -0.3 is 14.4 Å². The Bertz CT molecular complexity index is 578. The highest BCUT2D eigenvalue weighted by Crippen LogP contribution is 2.12. The molecule has 1 amide bonds. The molecule has 2 aliphatic rings. The Morgan fingerprint density at radius 2 is 2.08 bits per heavy atom. The molecule has 0 saturated carbocycles. The van der Waals surface area contributed by atoms with Crippen molar-refractivity contribution in [3.8, 4) is 0 Å². The summed E-state index contributed by atoms with van der Waals surface area (Å²) in [5.41, 5.74) is 1.27. The molecule has 3 rings (SSSR count). The van der Waals surface area contributed by atoms with E-state index in [0.29, 0.717) is 19.6 Å². The molecule has 1 aromatic rings. The molecule has 1 unspecified atom stereocenters. The molecule has 1 aromatic carbocycles. The van der Waals surface area contributed by atoms with E-state index in [9.17, 15) is 9.59 Å². The van der Waals surface area contributed by atoms with Gasteiger partial charge in [-0.05, 0) is 12.0 Å². The Balaban J connectivity index is 1.36. The molecule has 2 fully saturated rings. The predicted molar refractivity (Wildman–Crippen MR) is 92.8 cm³/mol. The minimum Gasteiger partial charge on any atom is -0.463 e. The lowest BCUT2D eigenvalue weighted by Crippen LogP contribution is -2.44. The fraction of sp³-hybridized carbons (Fsp3) is 0.579. The lowest BCUT2D eigenvalue weighted by Gasteiger charge is -2.32. The van der Waals surface area contributed by atoms with E-state index < -0.39 is 0 Å². The molecule has 0 N–H and O–H groups in total. The van der Waals surface area contributed by atoms with E-state index >= 15 is 0 Å². The van der Waals surface area contributed by atoms with Gasteiger partial charge in [0.1, 0.15) is 12.7 Å². The first kappa shape index (κ1) is 17.9. The van der Waals surface area contributed by atoms with Crippen LogP contribution in [0.15, 0.2) is 30.3 Å². The molecule has 0 aromatic heterocycles. The van der Waals surface area contributed by atoms with Gasteiger partial charge in [-0.25, -0.2) is 0 Å². The van der Waals surface area contributed by atoms with Crippen LogP contribution in [-0.2, 0) is 25.6 Å². The normalized spacial score (nSPS) is 21.5. The maximum atomic E-state index is 11.9. The summed E-state index contributed by atoms with van der Waals surface area (Å²) in [4.78, 5) is 27.5. The number of morpholine rings is 1. The molecule has 2 heterocycles. The molecule has 0 aliphatic carbocycles. The first-order valence-corrected chi connectivity index (χ1v) is 9.02. The number of ether oxygens (including phenoxy) is 2. The summed E-state index contributed by atoms with van der Waals surface area (Å²) in [6.07, 6.45) is 1.66. The molecule has 6 nitrogen and oxygen atoms in total. The monoisotopic (exact) mass is 346 g/mol. The molecule has 2 saturated heterocycles. The molecule has 0 radical (unpaired) electrons. The molecule has 1 atom stereocenters. The molecule has 0 spiro atoms. The summed E-state index contributed by atoms with van der Waals surface area (Å²) in [7, 11) is 0. The third kappa shape index (κ3) is 5.54. The van der Waals surface area contributed by atoms with Crippen LogP contribution in [0.25, 0.3) is 0 Å². The summed E-state index contributed by atoms with van der Waals surface area (Å²) in [5, 5.41) is 0. The highest BCUT2D eigenvalue weighted by molar-refractivity contribution is 5.79. The Morgan fingerprint density at radius 3 is 2.84 bits per heavy atom.